The van der Waals surface area contributed by atoms with Crippen LogP contribution in [0.15, 0.2) is 18.3 Å². The Balaban J connectivity index is 1.66. The summed E-state index contributed by atoms with van der Waals surface area (Å²) in [6.45, 7) is 0.876. The van der Waals surface area contributed by atoms with Crippen LogP contribution in [0.3, 0.4) is 0 Å². The number of hydrogen-bond donors (Lipinski definition) is 2. The van der Waals surface area contributed by atoms with E-state index >= 15 is 0 Å². The fourth-order valence-corrected chi connectivity index (χ4v) is 2.36. The second-order valence-corrected chi connectivity index (χ2v) is 4.68. The summed E-state index contributed by atoms with van der Waals surface area (Å²) in [6, 6.07) is 4.24. The lowest BCUT2D eigenvalue weighted by atomic mass is 10.1. The minimum Gasteiger partial charge on any atom is -0.384 e. The second kappa shape index (κ2) is 3.94. The van der Waals surface area contributed by atoms with E-state index in [0.717, 1.165) is 24.6 Å². The van der Waals surface area contributed by atoms with Crippen molar-refractivity contribution in [1.82, 2.24) is 4.98 Å². The lowest BCUT2D eigenvalue weighted by Gasteiger charge is -2.20. The highest BCUT2D eigenvalue weighted by molar-refractivity contribution is 5.46. The molecule has 0 radical (unpaired) electrons. The maximum atomic E-state index is 5.78. The van der Waals surface area contributed by atoms with Crippen molar-refractivity contribution in [3.63, 3.8) is 0 Å². The standard InChI is InChI=1S/C12H17N3O/c13-11-4-3-9(7-14-11)15-10-5-6-16-12(10)8-1-2-8/h3-4,7-8,10,12,15H,1-2,5-6H2,(H2,13,14). The smallest absolute Gasteiger partial charge is 0.123 e. The average Bonchev–Trinajstić information content (AvgIpc) is 3.03. The predicted octanol–water partition coefficient (Wildman–Crippen LogP) is 1.64. The molecule has 1 saturated carbocycles. The zero-order valence-corrected chi connectivity index (χ0v) is 9.23. The highest BCUT2D eigenvalue weighted by Crippen LogP contribution is 2.39. The van der Waals surface area contributed by atoms with Crippen molar-refractivity contribution in [2.75, 3.05) is 17.7 Å². The van der Waals surface area contributed by atoms with Crippen LogP contribution >= 0.6 is 0 Å². The molecule has 1 aromatic rings. The van der Waals surface area contributed by atoms with E-state index < -0.39 is 0 Å². The third kappa shape index (κ3) is 1.97. The van der Waals surface area contributed by atoms with Crippen LogP contribution in [0, 0.1) is 5.92 Å². The van der Waals surface area contributed by atoms with Gasteiger partial charge in [-0.05, 0) is 37.3 Å². The van der Waals surface area contributed by atoms with Crippen LogP contribution in [-0.2, 0) is 4.74 Å². The minimum atomic E-state index is 0.401. The van der Waals surface area contributed by atoms with Crippen molar-refractivity contribution in [3.05, 3.63) is 18.3 Å². The van der Waals surface area contributed by atoms with Crippen molar-refractivity contribution in [3.8, 4) is 0 Å². The SMILES string of the molecule is Nc1ccc(NC2CCOC2C2CC2)cn1. The van der Waals surface area contributed by atoms with Crippen molar-refractivity contribution >= 4 is 11.5 Å². The first-order chi connectivity index (χ1) is 7.83. The van der Waals surface area contributed by atoms with E-state index in [-0.39, 0.29) is 0 Å². The Hall–Kier alpha value is -1.29. The van der Waals surface area contributed by atoms with Crippen molar-refractivity contribution < 1.29 is 4.74 Å². The van der Waals surface area contributed by atoms with E-state index in [4.69, 9.17) is 10.5 Å². The van der Waals surface area contributed by atoms with E-state index in [2.05, 4.69) is 10.3 Å². The van der Waals surface area contributed by atoms with Gasteiger partial charge in [0.15, 0.2) is 0 Å². The van der Waals surface area contributed by atoms with Crippen LogP contribution in [0.5, 0.6) is 0 Å². The molecule has 1 aliphatic carbocycles. The lowest BCUT2D eigenvalue weighted by molar-refractivity contribution is 0.0898. The minimum absolute atomic E-state index is 0.401. The number of nitrogens with two attached hydrogens (primary N) is 1. The molecule has 1 saturated heterocycles. The van der Waals surface area contributed by atoms with Gasteiger partial charge in [-0.3, -0.25) is 0 Å². The number of aromatic nitrogens is 1. The highest BCUT2D eigenvalue weighted by atomic mass is 16.5. The molecule has 2 atom stereocenters. The Morgan fingerprint density at radius 3 is 2.88 bits per heavy atom. The molecule has 2 aliphatic rings. The van der Waals surface area contributed by atoms with Crippen molar-refractivity contribution in [2.24, 2.45) is 5.92 Å². The van der Waals surface area contributed by atoms with Crippen LogP contribution in [0.1, 0.15) is 19.3 Å². The molecule has 1 aromatic heterocycles. The van der Waals surface area contributed by atoms with E-state index in [0.29, 0.717) is 18.0 Å². The van der Waals surface area contributed by atoms with Gasteiger partial charge in [0.05, 0.1) is 24.0 Å². The fraction of sp³-hybridized carbons (Fsp3) is 0.583. The molecule has 0 amide bonds. The van der Waals surface area contributed by atoms with Crippen molar-refractivity contribution in [2.45, 2.75) is 31.4 Å². The van der Waals surface area contributed by atoms with Gasteiger partial charge < -0.3 is 15.8 Å². The normalized spacial score (nSPS) is 29.2. The van der Waals surface area contributed by atoms with Crippen LogP contribution in [0.4, 0.5) is 11.5 Å². The van der Waals surface area contributed by atoms with Gasteiger partial charge in [-0.15, -0.1) is 0 Å². The zero-order chi connectivity index (χ0) is 11.0. The van der Waals surface area contributed by atoms with Gasteiger partial charge in [0.1, 0.15) is 5.82 Å². The number of ether oxygens (including phenoxy) is 1. The molecule has 1 aliphatic heterocycles. The van der Waals surface area contributed by atoms with Gasteiger partial charge in [-0.2, -0.15) is 0 Å². The summed E-state index contributed by atoms with van der Waals surface area (Å²) < 4.78 is 5.78. The maximum Gasteiger partial charge on any atom is 0.123 e. The Labute approximate surface area is 95.2 Å². The number of hydrogen-bond acceptors (Lipinski definition) is 4. The predicted molar refractivity (Wildman–Crippen MR) is 63.1 cm³/mol. The summed E-state index contributed by atoms with van der Waals surface area (Å²) in [4.78, 5) is 4.08. The molecule has 2 fully saturated rings. The first kappa shape index (κ1) is 9.90. The molecule has 0 spiro atoms. The molecule has 86 valence electrons. The number of anilines is 2. The van der Waals surface area contributed by atoms with E-state index in [1.165, 1.54) is 12.8 Å². The van der Waals surface area contributed by atoms with Crippen LogP contribution in [-0.4, -0.2) is 23.7 Å². The molecular weight excluding hydrogens is 202 g/mol. The molecule has 16 heavy (non-hydrogen) atoms. The van der Waals surface area contributed by atoms with Crippen LogP contribution < -0.4 is 11.1 Å². The Kier molecular flexibility index (Phi) is 2.44. The molecule has 2 heterocycles. The Morgan fingerprint density at radius 1 is 1.31 bits per heavy atom. The monoisotopic (exact) mass is 219 g/mol. The van der Waals surface area contributed by atoms with Crippen LogP contribution in [0.2, 0.25) is 0 Å². The first-order valence-corrected chi connectivity index (χ1v) is 5.92. The molecule has 0 aromatic carbocycles. The quantitative estimate of drug-likeness (QED) is 0.811. The number of nitrogen functional groups attached to an aromatic ring is 1. The molecule has 0 bridgehead atoms. The Bertz CT molecular complexity index is 361. The van der Waals surface area contributed by atoms with E-state index in [1.54, 1.807) is 6.20 Å². The first-order valence-electron chi connectivity index (χ1n) is 5.92. The number of rotatable bonds is 3. The average molecular weight is 219 g/mol. The van der Waals surface area contributed by atoms with E-state index in [1.807, 2.05) is 12.1 Å². The summed E-state index contributed by atoms with van der Waals surface area (Å²) in [5, 5.41) is 3.50. The van der Waals surface area contributed by atoms with Gasteiger partial charge in [-0.25, -0.2) is 4.98 Å². The summed E-state index contributed by atoms with van der Waals surface area (Å²) in [6.07, 6.45) is 5.92. The summed E-state index contributed by atoms with van der Waals surface area (Å²) in [5.74, 6) is 1.34. The van der Waals surface area contributed by atoms with Gasteiger partial charge in [0, 0.05) is 6.61 Å². The molecule has 4 heteroatoms. The van der Waals surface area contributed by atoms with Gasteiger partial charge in [0.2, 0.25) is 0 Å². The maximum absolute atomic E-state index is 5.78. The third-order valence-corrected chi connectivity index (χ3v) is 3.36. The van der Waals surface area contributed by atoms with Gasteiger partial charge in [-0.1, -0.05) is 0 Å². The zero-order valence-electron chi connectivity index (χ0n) is 9.23. The number of nitrogens with one attached hydrogen (secondary N) is 1. The summed E-state index contributed by atoms with van der Waals surface area (Å²) >= 11 is 0. The Morgan fingerprint density at radius 2 is 2.19 bits per heavy atom. The molecule has 4 nitrogen and oxygen atoms in total. The second-order valence-electron chi connectivity index (χ2n) is 4.68. The van der Waals surface area contributed by atoms with Crippen LogP contribution in [0.25, 0.3) is 0 Å². The van der Waals surface area contributed by atoms with Gasteiger partial charge >= 0.3 is 0 Å². The molecule has 3 rings (SSSR count). The van der Waals surface area contributed by atoms with Gasteiger partial charge in [0.25, 0.3) is 0 Å². The number of nitrogens with zero attached hydrogens (tertiary/aromatic N) is 1. The lowest BCUT2D eigenvalue weighted by Crippen LogP contribution is -2.30. The molecule has 2 unspecified atom stereocenters. The summed E-state index contributed by atoms with van der Waals surface area (Å²) in [5.41, 5.74) is 6.59. The number of pyridine rings is 1. The fourth-order valence-electron chi connectivity index (χ4n) is 2.36. The van der Waals surface area contributed by atoms with Crippen molar-refractivity contribution in [1.29, 1.82) is 0 Å². The van der Waals surface area contributed by atoms with E-state index in [9.17, 15) is 0 Å². The largest absolute Gasteiger partial charge is 0.384 e. The highest BCUT2D eigenvalue weighted by Gasteiger charge is 2.40. The topological polar surface area (TPSA) is 60.2 Å². The molecular formula is C12H17N3O. The third-order valence-electron chi connectivity index (χ3n) is 3.36. The summed E-state index contributed by atoms with van der Waals surface area (Å²) in [7, 11) is 0. The molecule has 3 N–H and O–H groups in total.